The molecule has 0 aliphatic heterocycles. The van der Waals surface area contributed by atoms with E-state index in [1.54, 1.807) is 0 Å². The molecule has 0 saturated carbocycles. The van der Waals surface area contributed by atoms with Gasteiger partial charge in [-0.15, -0.1) is 0 Å². The summed E-state index contributed by atoms with van der Waals surface area (Å²) < 4.78 is 0. The molecule has 0 amide bonds. The number of benzene rings is 1. The normalized spacial score (nSPS) is 9.73. The quantitative estimate of drug-likeness (QED) is 0.450. The van der Waals surface area contributed by atoms with Gasteiger partial charge in [-0.05, 0) is 30.2 Å². The second-order valence-electron chi connectivity index (χ2n) is 2.42. The van der Waals surface area contributed by atoms with E-state index in [0.29, 0.717) is 0 Å². The van der Waals surface area contributed by atoms with Gasteiger partial charge in [-0.3, -0.25) is 5.84 Å². The Morgan fingerprint density at radius 2 is 2.27 bits per heavy atom. The molecule has 1 aromatic rings. The molecule has 0 aliphatic rings. The molecule has 2 nitrogen and oxygen atoms in total. The summed E-state index contributed by atoms with van der Waals surface area (Å²) in [7, 11) is 0. The summed E-state index contributed by atoms with van der Waals surface area (Å²) >= 11 is 3.40. The zero-order valence-electron chi connectivity index (χ0n) is 6.39. The summed E-state index contributed by atoms with van der Waals surface area (Å²) in [4.78, 5) is 0. The fraction of sp³-hybridized carbons (Fsp3) is 0.250. The minimum atomic E-state index is 0.893. The van der Waals surface area contributed by atoms with Gasteiger partial charge in [-0.25, -0.2) is 0 Å². The maximum Gasteiger partial charge on any atom is 0.0487 e. The van der Waals surface area contributed by atoms with E-state index in [-0.39, 0.29) is 0 Å². The molecule has 0 saturated heterocycles. The van der Waals surface area contributed by atoms with Crippen LogP contribution in [-0.4, -0.2) is 0 Å². The molecule has 1 aromatic carbocycles. The van der Waals surface area contributed by atoms with Gasteiger partial charge in [0.25, 0.3) is 0 Å². The van der Waals surface area contributed by atoms with Crippen LogP contribution < -0.4 is 11.3 Å². The Hall–Kier alpha value is -0.540. The van der Waals surface area contributed by atoms with Gasteiger partial charge in [0, 0.05) is 11.0 Å². The van der Waals surface area contributed by atoms with Gasteiger partial charge in [0.1, 0.15) is 0 Å². The molecule has 0 bridgehead atoms. The van der Waals surface area contributed by atoms with Crippen molar-refractivity contribution < 1.29 is 0 Å². The second-order valence-corrected chi connectivity index (χ2v) is 2.98. The maximum atomic E-state index is 5.25. The number of hydrazine groups is 1. The van der Waals surface area contributed by atoms with Crippen molar-refractivity contribution in [2.45, 2.75) is 12.3 Å². The SMILES string of the molecule is Cc1cc(NN)ccc1CBr. The van der Waals surface area contributed by atoms with Crippen molar-refractivity contribution in [1.82, 2.24) is 0 Å². The number of alkyl halides is 1. The third kappa shape index (κ3) is 1.94. The zero-order chi connectivity index (χ0) is 8.27. The van der Waals surface area contributed by atoms with E-state index in [9.17, 15) is 0 Å². The highest BCUT2D eigenvalue weighted by molar-refractivity contribution is 9.08. The summed E-state index contributed by atoms with van der Waals surface area (Å²) in [5.74, 6) is 5.25. The number of nitrogen functional groups attached to an aromatic ring is 1. The number of rotatable bonds is 2. The van der Waals surface area contributed by atoms with Gasteiger partial charge in [-0.2, -0.15) is 0 Å². The van der Waals surface area contributed by atoms with Crippen molar-refractivity contribution in [1.29, 1.82) is 0 Å². The van der Waals surface area contributed by atoms with E-state index in [0.717, 1.165) is 11.0 Å². The summed E-state index contributed by atoms with van der Waals surface area (Å²) in [6, 6.07) is 6.04. The van der Waals surface area contributed by atoms with E-state index in [2.05, 4.69) is 34.3 Å². The van der Waals surface area contributed by atoms with Crippen molar-refractivity contribution in [3.63, 3.8) is 0 Å². The third-order valence-corrected chi connectivity index (χ3v) is 2.26. The second kappa shape index (κ2) is 3.74. The monoisotopic (exact) mass is 214 g/mol. The summed E-state index contributed by atoms with van der Waals surface area (Å²) in [5, 5.41) is 0.893. The number of hydrogen-bond acceptors (Lipinski definition) is 2. The molecule has 0 heterocycles. The Balaban J connectivity index is 2.99. The Labute approximate surface area is 74.9 Å². The number of nitrogens with one attached hydrogen (secondary N) is 1. The lowest BCUT2D eigenvalue weighted by molar-refractivity contribution is 1.28. The molecule has 3 N–H and O–H groups in total. The largest absolute Gasteiger partial charge is 0.324 e. The van der Waals surface area contributed by atoms with Crippen LogP contribution in [0.4, 0.5) is 5.69 Å². The first-order valence-electron chi connectivity index (χ1n) is 3.40. The van der Waals surface area contributed by atoms with Gasteiger partial charge >= 0.3 is 0 Å². The summed E-state index contributed by atoms with van der Waals surface area (Å²) in [5.41, 5.74) is 6.10. The minimum absolute atomic E-state index is 0.893. The van der Waals surface area contributed by atoms with Crippen molar-refractivity contribution in [2.75, 3.05) is 5.43 Å². The number of nitrogens with two attached hydrogens (primary N) is 1. The number of anilines is 1. The molecular formula is C8H11BrN2. The van der Waals surface area contributed by atoms with Crippen molar-refractivity contribution in [2.24, 2.45) is 5.84 Å². The Bertz CT molecular complexity index is 248. The highest BCUT2D eigenvalue weighted by Gasteiger charge is 1.96. The van der Waals surface area contributed by atoms with Gasteiger partial charge in [0.2, 0.25) is 0 Å². The van der Waals surface area contributed by atoms with Crippen LogP contribution in [0.15, 0.2) is 18.2 Å². The van der Waals surface area contributed by atoms with E-state index in [1.165, 1.54) is 11.1 Å². The van der Waals surface area contributed by atoms with Crippen LogP contribution in [0.3, 0.4) is 0 Å². The molecule has 0 unspecified atom stereocenters. The topological polar surface area (TPSA) is 38.0 Å². The van der Waals surface area contributed by atoms with Crippen molar-refractivity contribution >= 4 is 21.6 Å². The lowest BCUT2D eigenvalue weighted by Crippen LogP contribution is -2.06. The van der Waals surface area contributed by atoms with Crippen molar-refractivity contribution in [3.8, 4) is 0 Å². The highest BCUT2D eigenvalue weighted by atomic mass is 79.9. The molecule has 3 heteroatoms. The van der Waals surface area contributed by atoms with Crippen LogP contribution in [0.5, 0.6) is 0 Å². The van der Waals surface area contributed by atoms with Crippen LogP contribution >= 0.6 is 15.9 Å². The van der Waals surface area contributed by atoms with E-state index in [1.807, 2.05) is 12.1 Å². The number of halogens is 1. The van der Waals surface area contributed by atoms with E-state index >= 15 is 0 Å². The van der Waals surface area contributed by atoms with Crippen molar-refractivity contribution in [3.05, 3.63) is 29.3 Å². The van der Waals surface area contributed by atoms with Crippen LogP contribution in [0, 0.1) is 6.92 Å². The summed E-state index contributed by atoms with van der Waals surface area (Å²) in [6.45, 7) is 2.07. The molecule has 60 valence electrons. The lowest BCUT2D eigenvalue weighted by atomic mass is 10.1. The van der Waals surface area contributed by atoms with E-state index < -0.39 is 0 Å². The Kier molecular flexibility index (Phi) is 2.91. The zero-order valence-corrected chi connectivity index (χ0v) is 7.98. The first-order chi connectivity index (χ1) is 5.27. The van der Waals surface area contributed by atoms with Gasteiger partial charge in [0.15, 0.2) is 0 Å². The van der Waals surface area contributed by atoms with Gasteiger partial charge in [0.05, 0.1) is 0 Å². The van der Waals surface area contributed by atoms with Crippen LogP contribution in [0.1, 0.15) is 11.1 Å². The van der Waals surface area contributed by atoms with Crippen LogP contribution in [0.2, 0.25) is 0 Å². The number of aryl methyl sites for hydroxylation is 1. The molecule has 0 aliphatic carbocycles. The first-order valence-corrected chi connectivity index (χ1v) is 4.52. The predicted molar refractivity (Wildman–Crippen MR) is 51.6 cm³/mol. The molecule has 0 spiro atoms. The van der Waals surface area contributed by atoms with Gasteiger partial charge < -0.3 is 5.43 Å². The molecule has 0 radical (unpaired) electrons. The Morgan fingerprint density at radius 1 is 1.55 bits per heavy atom. The maximum absolute atomic E-state index is 5.25. The number of hydrogen-bond donors (Lipinski definition) is 2. The van der Waals surface area contributed by atoms with Gasteiger partial charge in [-0.1, -0.05) is 22.0 Å². The average molecular weight is 215 g/mol. The molecule has 0 atom stereocenters. The van der Waals surface area contributed by atoms with Crippen LogP contribution in [-0.2, 0) is 5.33 Å². The minimum Gasteiger partial charge on any atom is -0.324 e. The molecular weight excluding hydrogens is 204 g/mol. The Morgan fingerprint density at radius 3 is 2.73 bits per heavy atom. The average Bonchev–Trinajstić information content (AvgIpc) is 2.04. The smallest absolute Gasteiger partial charge is 0.0487 e. The fourth-order valence-corrected chi connectivity index (χ4v) is 1.56. The standard InChI is InChI=1S/C8H11BrN2/c1-6-4-8(11-10)3-2-7(6)5-9/h2-4,11H,5,10H2,1H3. The molecule has 0 fully saturated rings. The third-order valence-electron chi connectivity index (χ3n) is 1.65. The molecule has 1 rings (SSSR count). The fourth-order valence-electron chi connectivity index (χ4n) is 0.936. The predicted octanol–water partition coefficient (Wildman–Crippen LogP) is 2.18. The van der Waals surface area contributed by atoms with E-state index in [4.69, 9.17) is 5.84 Å². The van der Waals surface area contributed by atoms with Crippen LogP contribution in [0.25, 0.3) is 0 Å². The first kappa shape index (κ1) is 8.56. The molecule has 0 aromatic heterocycles. The summed E-state index contributed by atoms with van der Waals surface area (Å²) in [6.07, 6.45) is 0. The highest BCUT2D eigenvalue weighted by Crippen LogP contribution is 2.16. The molecule has 11 heavy (non-hydrogen) atoms. The lowest BCUT2D eigenvalue weighted by Gasteiger charge is -2.04.